The second kappa shape index (κ2) is 5.93. The van der Waals surface area contributed by atoms with Crippen molar-refractivity contribution in [3.05, 3.63) is 34.6 Å². The molecule has 0 fully saturated rings. The van der Waals surface area contributed by atoms with Crippen LogP contribution in [0.2, 0.25) is 0 Å². The Morgan fingerprint density at radius 2 is 1.90 bits per heavy atom. The molecule has 1 aromatic heterocycles. The molecule has 1 N–H and O–H groups in total. The van der Waals surface area contributed by atoms with Gasteiger partial charge in [0.25, 0.3) is 0 Å². The summed E-state index contributed by atoms with van der Waals surface area (Å²) in [6.45, 7) is 7.47. The van der Waals surface area contributed by atoms with Crippen LogP contribution in [0.5, 0.6) is 0 Å². The lowest BCUT2D eigenvalue weighted by atomic mass is 9.95. The van der Waals surface area contributed by atoms with Crippen LogP contribution < -0.4 is 5.32 Å². The minimum atomic E-state index is -0.454. The zero-order valence-electron chi connectivity index (χ0n) is 12.5. The lowest BCUT2D eigenvalue weighted by Crippen LogP contribution is -2.37. The van der Waals surface area contributed by atoms with E-state index < -0.39 is 5.41 Å². The highest BCUT2D eigenvalue weighted by molar-refractivity contribution is 9.10. The fraction of sp³-hybridized carbons (Fsp3) is 0.429. The van der Waals surface area contributed by atoms with Crippen molar-refractivity contribution in [2.24, 2.45) is 5.41 Å². The molecule has 0 spiro atoms. The molecule has 1 heterocycles. The van der Waals surface area contributed by atoms with Gasteiger partial charge in [-0.15, -0.1) is 5.10 Å². The Morgan fingerprint density at radius 1 is 1.29 bits per heavy atom. The molecular formula is C14H18BrN5O. The van der Waals surface area contributed by atoms with Crippen molar-refractivity contribution in [1.82, 2.24) is 25.5 Å². The SMILES string of the molecule is CC(NC(=O)C(C)(C)C)c1nnnn1-c1ccc(Br)cc1. The van der Waals surface area contributed by atoms with Crippen LogP contribution in [0.25, 0.3) is 5.69 Å². The third-order valence-corrected chi connectivity index (χ3v) is 3.51. The van der Waals surface area contributed by atoms with E-state index in [0.29, 0.717) is 5.82 Å². The van der Waals surface area contributed by atoms with Gasteiger partial charge in [0.05, 0.1) is 11.7 Å². The van der Waals surface area contributed by atoms with E-state index in [1.165, 1.54) is 0 Å². The van der Waals surface area contributed by atoms with E-state index in [1.807, 2.05) is 52.0 Å². The predicted molar refractivity (Wildman–Crippen MR) is 82.9 cm³/mol. The number of hydrogen-bond donors (Lipinski definition) is 1. The summed E-state index contributed by atoms with van der Waals surface area (Å²) in [5.41, 5.74) is 0.388. The van der Waals surface area contributed by atoms with Gasteiger partial charge in [-0.2, -0.15) is 4.68 Å². The Kier molecular flexibility index (Phi) is 4.41. The number of amides is 1. The summed E-state index contributed by atoms with van der Waals surface area (Å²) in [4.78, 5) is 12.1. The molecule has 1 aromatic carbocycles. The first-order chi connectivity index (χ1) is 9.79. The van der Waals surface area contributed by atoms with Gasteiger partial charge < -0.3 is 5.32 Å². The van der Waals surface area contributed by atoms with E-state index in [9.17, 15) is 4.79 Å². The van der Waals surface area contributed by atoms with Crippen LogP contribution in [0.1, 0.15) is 39.6 Å². The van der Waals surface area contributed by atoms with Gasteiger partial charge in [0.15, 0.2) is 5.82 Å². The zero-order valence-corrected chi connectivity index (χ0v) is 14.0. The van der Waals surface area contributed by atoms with Crippen LogP contribution in [0.15, 0.2) is 28.7 Å². The van der Waals surface area contributed by atoms with E-state index >= 15 is 0 Å². The molecule has 0 aliphatic heterocycles. The van der Waals surface area contributed by atoms with Crippen molar-refractivity contribution in [3.63, 3.8) is 0 Å². The molecule has 0 aliphatic carbocycles. The minimum Gasteiger partial charge on any atom is -0.346 e. The third-order valence-electron chi connectivity index (χ3n) is 2.98. The Labute approximate surface area is 132 Å². The number of tetrazole rings is 1. The van der Waals surface area contributed by atoms with Crippen LogP contribution in [-0.2, 0) is 4.79 Å². The average Bonchev–Trinajstić information content (AvgIpc) is 2.87. The molecule has 0 radical (unpaired) electrons. The molecule has 0 aliphatic rings. The molecule has 2 rings (SSSR count). The quantitative estimate of drug-likeness (QED) is 0.922. The number of carbonyl (C=O) groups is 1. The van der Waals surface area contributed by atoms with Gasteiger partial charge in [-0.05, 0) is 41.6 Å². The molecule has 2 aromatic rings. The topological polar surface area (TPSA) is 72.7 Å². The zero-order chi connectivity index (χ0) is 15.6. The first kappa shape index (κ1) is 15.6. The van der Waals surface area contributed by atoms with Gasteiger partial charge in [0.1, 0.15) is 0 Å². The second-order valence-corrected chi connectivity index (χ2v) is 6.79. The van der Waals surface area contributed by atoms with Crippen LogP contribution in [0.3, 0.4) is 0 Å². The Balaban J connectivity index is 2.24. The van der Waals surface area contributed by atoms with Crippen LogP contribution in [0, 0.1) is 5.41 Å². The van der Waals surface area contributed by atoms with Gasteiger partial charge in [-0.1, -0.05) is 36.7 Å². The van der Waals surface area contributed by atoms with Crippen molar-refractivity contribution >= 4 is 21.8 Å². The van der Waals surface area contributed by atoms with Crippen LogP contribution >= 0.6 is 15.9 Å². The van der Waals surface area contributed by atoms with Crippen molar-refractivity contribution < 1.29 is 4.79 Å². The summed E-state index contributed by atoms with van der Waals surface area (Å²) in [6, 6.07) is 7.36. The number of nitrogens with zero attached hydrogens (tertiary/aromatic N) is 4. The van der Waals surface area contributed by atoms with Crippen LogP contribution in [-0.4, -0.2) is 26.1 Å². The molecule has 1 atom stereocenters. The van der Waals surface area contributed by atoms with Crippen molar-refractivity contribution in [2.45, 2.75) is 33.7 Å². The molecule has 0 saturated heterocycles. The summed E-state index contributed by atoms with van der Waals surface area (Å²) in [7, 11) is 0. The van der Waals surface area contributed by atoms with Gasteiger partial charge in [-0.3, -0.25) is 4.79 Å². The number of benzene rings is 1. The molecule has 0 bridgehead atoms. The number of halogens is 1. The predicted octanol–water partition coefficient (Wildman–Crippen LogP) is 2.65. The molecule has 112 valence electrons. The summed E-state index contributed by atoms with van der Waals surface area (Å²) >= 11 is 3.39. The molecule has 7 heteroatoms. The first-order valence-electron chi connectivity index (χ1n) is 6.64. The summed E-state index contributed by atoms with van der Waals surface area (Å²) in [6.07, 6.45) is 0. The molecule has 6 nitrogen and oxygen atoms in total. The average molecular weight is 352 g/mol. The molecule has 0 saturated carbocycles. The second-order valence-electron chi connectivity index (χ2n) is 5.87. The fourth-order valence-corrected chi connectivity index (χ4v) is 1.97. The molecule has 21 heavy (non-hydrogen) atoms. The van der Waals surface area contributed by atoms with Gasteiger partial charge in [-0.25, -0.2) is 0 Å². The van der Waals surface area contributed by atoms with E-state index in [1.54, 1.807) is 4.68 Å². The third kappa shape index (κ3) is 3.66. The monoisotopic (exact) mass is 351 g/mol. The maximum Gasteiger partial charge on any atom is 0.225 e. The normalized spacial score (nSPS) is 13.0. The number of hydrogen-bond acceptors (Lipinski definition) is 4. The first-order valence-corrected chi connectivity index (χ1v) is 7.43. The highest BCUT2D eigenvalue weighted by atomic mass is 79.9. The van der Waals surface area contributed by atoms with E-state index in [0.717, 1.165) is 10.2 Å². The maximum absolute atomic E-state index is 12.1. The fourth-order valence-electron chi connectivity index (χ4n) is 1.71. The van der Waals surface area contributed by atoms with E-state index in [2.05, 4.69) is 36.8 Å². The Bertz CT molecular complexity index is 630. The standard InChI is InChI=1S/C14H18BrN5O/c1-9(16-13(21)14(2,3)4)12-17-18-19-20(12)11-7-5-10(15)6-8-11/h5-9H,1-4H3,(H,16,21). The molecule has 1 amide bonds. The van der Waals surface area contributed by atoms with Crippen molar-refractivity contribution in [3.8, 4) is 5.69 Å². The van der Waals surface area contributed by atoms with Gasteiger partial charge in [0.2, 0.25) is 5.91 Å². The van der Waals surface area contributed by atoms with Gasteiger partial charge >= 0.3 is 0 Å². The lowest BCUT2D eigenvalue weighted by molar-refractivity contribution is -0.129. The van der Waals surface area contributed by atoms with E-state index in [4.69, 9.17) is 0 Å². The largest absolute Gasteiger partial charge is 0.346 e. The van der Waals surface area contributed by atoms with Gasteiger partial charge in [0, 0.05) is 9.89 Å². The van der Waals surface area contributed by atoms with Crippen molar-refractivity contribution in [2.75, 3.05) is 0 Å². The highest BCUT2D eigenvalue weighted by Crippen LogP contribution is 2.19. The summed E-state index contributed by atoms with van der Waals surface area (Å²) < 4.78 is 2.61. The lowest BCUT2D eigenvalue weighted by Gasteiger charge is -2.21. The minimum absolute atomic E-state index is 0.0413. The number of carbonyl (C=O) groups excluding carboxylic acids is 1. The smallest absolute Gasteiger partial charge is 0.225 e. The highest BCUT2D eigenvalue weighted by Gasteiger charge is 2.25. The summed E-state index contributed by atoms with van der Waals surface area (Å²) in [5.74, 6) is 0.551. The molecule has 1 unspecified atom stereocenters. The van der Waals surface area contributed by atoms with E-state index in [-0.39, 0.29) is 11.9 Å². The summed E-state index contributed by atoms with van der Waals surface area (Å²) in [5, 5.41) is 14.7. The van der Waals surface area contributed by atoms with Crippen LogP contribution in [0.4, 0.5) is 0 Å². The Morgan fingerprint density at radius 3 is 2.48 bits per heavy atom. The maximum atomic E-state index is 12.1. The number of rotatable bonds is 3. The Hall–Kier alpha value is -1.76. The number of aromatic nitrogens is 4. The van der Waals surface area contributed by atoms with Crippen molar-refractivity contribution in [1.29, 1.82) is 0 Å². The molecular weight excluding hydrogens is 334 g/mol. The number of nitrogens with one attached hydrogen (secondary N) is 1.